The number of methoxy groups -OCH3 is 1. The molecule has 1 nitrogen and oxygen atoms in total. The molecule has 0 aliphatic heterocycles. The SMILES string of the molecule is C/C=C/C#CC(CBr)OC. The predicted molar refractivity (Wildman–Crippen MR) is 47.2 cm³/mol. The summed E-state index contributed by atoms with van der Waals surface area (Å²) in [5.41, 5.74) is 0. The van der Waals surface area contributed by atoms with Crippen molar-refractivity contribution in [1.82, 2.24) is 0 Å². The van der Waals surface area contributed by atoms with E-state index >= 15 is 0 Å². The molecule has 0 saturated heterocycles. The molecule has 1 unspecified atom stereocenters. The standard InChI is InChI=1S/C8H11BrO/c1-3-4-5-6-8(7-9)10-2/h3-4,8H,7H2,1-2H3/b4-3+. The van der Waals surface area contributed by atoms with E-state index in [0.717, 1.165) is 5.33 Å². The van der Waals surface area contributed by atoms with E-state index in [1.165, 1.54) is 0 Å². The molecule has 56 valence electrons. The van der Waals surface area contributed by atoms with Crippen LogP contribution in [0, 0.1) is 11.8 Å². The summed E-state index contributed by atoms with van der Waals surface area (Å²) in [7, 11) is 1.65. The number of hydrogen-bond acceptors (Lipinski definition) is 1. The zero-order chi connectivity index (χ0) is 7.82. The van der Waals surface area contributed by atoms with E-state index in [9.17, 15) is 0 Å². The van der Waals surface area contributed by atoms with E-state index in [1.54, 1.807) is 13.2 Å². The third-order valence-electron chi connectivity index (χ3n) is 0.919. The summed E-state index contributed by atoms with van der Waals surface area (Å²) in [5.74, 6) is 5.77. The van der Waals surface area contributed by atoms with Gasteiger partial charge >= 0.3 is 0 Å². The zero-order valence-electron chi connectivity index (χ0n) is 6.23. The van der Waals surface area contributed by atoms with Gasteiger partial charge in [-0.1, -0.05) is 33.8 Å². The largest absolute Gasteiger partial charge is 0.368 e. The van der Waals surface area contributed by atoms with Crippen LogP contribution in [0.15, 0.2) is 12.2 Å². The van der Waals surface area contributed by atoms with Gasteiger partial charge in [-0.3, -0.25) is 0 Å². The Labute approximate surface area is 70.6 Å². The minimum atomic E-state index is 0.0104. The Hall–Kier alpha value is -0.260. The predicted octanol–water partition coefficient (Wildman–Crippen LogP) is 1.98. The quantitative estimate of drug-likeness (QED) is 0.492. The Morgan fingerprint density at radius 3 is 2.80 bits per heavy atom. The maximum atomic E-state index is 4.99. The van der Waals surface area contributed by atoms with Crippen molar-refractivity contribution in [2.24, 2.45) is 0 Å². The van der Waals surface area contributed by atoms with Crippen molar-refractivity contribution in [2.45, 2.75) is 13.0 Å². The molecule has 1 atom stereocenters. The molecule has 0 rings (SSSR count). The Balaban J connectivity index is 3.74. The summed E-state index contributed by atoms with van der Waals surface area (Å²) < 4.78 is 4.99. The molecule has 2 heteroatoms. The van der Waals surface area contributed by atoms with Crippen molar-refractivity contribution >= 4 is 15.9 Å². The van der Waals surface area contributed by atoms with Crippen molar-refractivity contribution in [2.75, 3.05) is 12.4 Å². The summed E-state index contributed by atoms with van der Waals surface area (Å²) in [5, 5.41) is 0.758. The number of alkyl halides is 1. The van der Waals surface area contributed by atoms with Crippen LogP contribution in [-0.2, 0) is 4.74 Å². The van der Waals surface area contributed by atoms with Crippen LogP contribution in [-0.4, -0.2) is 18.5 Å². The molecule has 0 aromatic carbocycles. The van der Waals surface area contributed by atoms with E-state index in [2.05, 4.69) is 27.8 Å². The fourth-order valence-corrected chi connectivity index (χ4v) is 0.811. The third-order valence-corrected chi connectivity index (χ3v) is 1.51. The summed E-state index contributed by atoms with van der Waals surface area (Å²) >= 11 is 3.28. The van der Waals surface area contributed by atoms with Crippen molar-refractivity contribution in [3.05, 3.63) is 12.2 Å². The van der Waals surface area contributed by atoms with Gasteiger partial charge in [0, 0.05) is 12.4 Å². The topological polar surface area (TPSA) is 9.23 Å². The number of ether oxygens (including phenoxy) is 1. The van der Waals surface area contributed by atoms with Gasteiger partial charge in [0.15, 0.2) is 0 Å². The van der Waals surface area contributed by atoms with Gasteiger partial charge in [0.1, 0.15) is 6.10 Å². The van der Waals surface area contributed by atoms with Crippen LogP contribution in [0.3, 0.4) is 0 Å². The highest BCUT2D eigenvalue weighted by Crippen LogP contribution is 1.92. The number of allylic oxidation sites excluding steroid dienone is 2. The molecule has 0 aromatic rings. The highest BCUT2D eigenvalue weighted by Gasteiger charge is 1.95. The first-order valence-electron chi connectivity index (χ1n) is 3.06. The molecule has 0 aromatic heterocycles. The molecule has 0 bridgehead atoms. The smallest absolute Gasteiger partial charge is 0.127 e. The normalized spacial score (nSPS) is 12.7. The molecule has 0 aliphatic rings. The maximum absolute atomic E-state index is 4.99. The molecule has 0 fully saturated rings. The van der Waals surface area contributed by atoms with Crippen LogP contribution in [0.4, 0.5) is 0 Å². The molecule has 0 radical (unpaired) electrons. The van der Waals surface area contributed by atoms with E-state index in [-0.39, 0.29) is 6.10 Å². The van der Waals surface area contributed by atoms with Crippen molar-refractivity contribution in [3.63, 3.8) is 0 Å². The molecule has 0 saturated carbocycles. The summed E-state index contributed by atoms with van der Waals surface area (Å²) in [4.78, 5) is 0. The van der Waals surface area contributed by atoms with Crippen LogP contribution in [0.5, 0.6) is 0 Å². The van der Waals surface area contributed by atoms with Crippen LogP contribution in [0.2, 0.25) is 0 Å². The molecular formula is C8H11BrO. The summed E-state index contributed by atoms with van der Waals surface area (Å²) in [6.45, 7) is 1.94. The lowest BCUT2D eigenvalue weighted by Crippen LogP contribution is -2.07. The first kappa shape index (κ1) is 9.74. The monoisotopic (exact) mass is 202 g/mol. The minimum absolute atomic E-state index is 0.0104. The molecule has 10 heavy (non-hydrogen) atoms. The number of rotatable bonds is 2. The van der Waals surface area contributed by atoms with Gasteiger partial charge in [-0.15, -0.1) is 0 Å². The van der Waals surface area contributed by atoms with Crippen molar-refractivity contribution < 1.29 is 4.74 Å². The average molecular weight is 203 g/mol. The highest BCUT2D eigenvalue weighted by molar-refractivity contribution is 9.09. The van der Waals surface area contributed by atoms with E-state index < -0.39 is 0 Å². The van der Waals surface area contributed by atoms with E-state index in [4.69, 9.17) is 4.74 Å². The molecule has 0 heterocycles. The molecule has 0 N–H and O–H groups in total. The summed E-state index contributed by atoms with van der Waals surface area (Å²) in [6.07, 6.45) is 3.71. The van der Waals surface area contributed by atoms with E-state index in [1.807, 2.05) is 13.0 Å². The number of halogens is 1. The Morgan fingerprint density at radius 2 is 2.40 bits per heavy atom. The van der Waals surface area contributed by atoms with Gasteiger partial charge in [0.2, 0.25) is 0 Å². The third kappa shape index (κ3) is 4.60. The van der Waals surface area contributed by atoms with Gasteiger partial charge in [0.05, 0.1) is 0 Å². The molecule has 0 spiro atoms. The van der Waals surface area contributed by atoms with Crippen LogP contribution in [0.25, 0.3) is 0 Å². The maximum Gasteiger partial charge on any atom is 0.127 e. The lowest BCUT2D eigenvalue weighted by atomic mass is 10.4. The second-order valence-electron chi connectivity index (χ2n) is 1.67. The van der Waals surface area contributed by atoms with Crippen LogP contribution < -0.4 is 0 Å². The lowest BCUT2D eigenvalue weighted by Gasteiger charge is -2.00. The van der Waals surface area contributed by atoms with E-state index in [0.29, 0.717) is 0 Å². The molecular weight excluding hydrogens is 192 g/mol. The first-order valence-corrected chi connectivity index (χ1v) is 4.18. The van der Waals surface area contributed by atoms with Crippen molar-refractivity contribution in [3.8, 4) is 11.8 Å². The fraction of sp³-hybridized carbons (Fsp3) is 0.500. The Bertz CT molecular complexity index is 148. The molecule has 0 amide bonds. The van der Waals surface area contributed by atoms with Crippen LogP contribution in [0.1, 0.15) is 6.92 Å². The second-order valence-corrected chi connectivity index (χ2v) is 2.31. The minimum Gasteiger partial charge on any atom is -0.368 e. The van der Waals surface area contributed by atoms with Crippen molar-refractivity contribution in [1.29, 1.82) is 0 Å². The van der Waals surface area contributed by atoms with Crippen LogP contribution >= 0.6 is 15.9 Å². The lowest BCUT2D eigenvalue weighted by molar-refractivity contribution is 0.168. The number of hydrogen-bond donors (Lipinski definition) is 0. The van der Waals surface area contributed by atoms with Gasteiger partial charge in [-0.25, -0.2) is 0 Å². The first-order chi connectivity index (χ1) is 4.85. The van der Waals surface area contributed by atoms with Gasteiger partial charge in [-0.05, 0) is 13.0 Å². The van der Waals surface area contributed by atoms with Gasteiger partial charge in [-0.2, -0.15) is 0 Å². The highest BCUT2D eigenvalue weighted by atomic mass is 79.9. The average Bonchev–Trinajstić information content (AvgIpc) is 1.99. The second kappa shape index (κ2) is 6.85. The van der Waals surface area contributed by atoms with Gasteiger partial charge in [0.25, 0.3) is 0 Å². The summed E-state index contributed by atoms with van der Waals surface area (Å²) in [6, 6.07) is 0. The molecule has 0 aliphatic carbocycles. The Kier molecular flexibility index (Phi) is 6.68. The zero-order valence-corrected chi connectivity index (χ0v) is 7.81. The van der Waals surface area contributed by atoms with Gasteiger partial charge < -0.3 is 4.74 Å². The fourth-order valence-electron chi connectivity index (χ4n) is 0.385. The Morgan fingerprint density at radius 1 is 1.70 bits per heavy atom.